The maximum atomic E-state index is 12.1. The smallest absolute Gasteiger partial charge is 0.253 e. The number of aliphatic hydroxyl groups excluding tert-OH is 2. The summed E-state index contributed by atoms with van der Waals surface area (Å²) in [4.78, 5) is 12.1. The lowest BCUT2D eigenvalue weighted by atomic mass is 9.92. The normalized spacial score (nSPS) is 21.1. The van der Waals surface area contributed by atoms with Gasteiger partial charge < -0.3 is 30.6 Å². The monoisotopic (exact) mass is 280 g/mol. The van der Waals surface area contributed by atoms with Crippen LogP contribution in [0.1, 0.15) is 10.4 Å². The summed E-state index contributed by atoms with van der Waals surface area (Å²) >= 11 is 0. The van der Waals surface area contributed by atoms with E-state index in [4.69, 9.17) is 0 Å². The van der Waals surface area contributed by atoms with Crippen LogP contribution in [0.3, 0.4) is 0 Å². The van der Waals surface area contributed by atoms with Gasteiger partial charge in [0.25, 0.3) is 5.79 Å². The molecule has 7 heteroatoms. The maximum absolute atomic E-state index is 12.1. The van der Waals surface area contributed by atoms with Crippen molar-refractivity contribution in [1.29, 1.82) is 0 Å². The van der Waals surface area contributed by atoms with Gasteiger partial charge in [-0.2, -0.15) is 0 Å². The van der Waals surface area contributed by atoms with E-state index in [1.807, 2.05) is 0 Å². The van der Waals surface area contributed by atoms with Gasteiger partial charge in [-0.05, 0) is 24.3 Å². The summed E-state index contributed by atoms with van der Waals surface area (Å²) in [6.45, 7) is 0. The zero-order valence-electron chi connectivity index (χ0n) is 10.1. The molecule has 7 nitrogen and oxygen atoms in total. The number of aromatic hydroxyl groups is 2. The molecule has 0 spiro atoms. The molecule has 1 aliphatic carbocycles. The fraction of sp³-hybridized carbons (Fsp3) is 0.154. The molecule has 0 aromatic heterocycles. The fourth-order valence-electron chi connectivity index (χ4n) is 1.75. The Balaban J connectivity index is 2.43. The van der Waals surface area contributed by atoms with Crippen molar-refractivity contribution in [1.82, 2.24) is 0 Å². The highest BCUT2D eigenvalue weighted by atomic mass is 16.5. The first-order valence-electron chi connectivity index (χ1n) is 5.56. The molecule has 20 heavy (non-hydrogen) atoms. The minimum absolute atomic E-state index is 0.254. The van der Waals surface area contributed by atoms with Crippen LogP contribution in [0.25, 0.3) is 0 Å². The van der Waals surface area contributed by atoms with Crippen LogP contribution in [0.2, 0.25) is 0 Å². The molecule has 0 fully saturated rings. The van der Waals surface area contributed by atoms with Crippen molar-refractivity contribution in [2.45, 2.75) is 11.9 Å². The average Bonchev–Trinajstić information content (AvgIpc) is 2.38. The van der Waals surface area contributed by atoms with Crippen molar-refractivity contribution < 1.29 is 35.4 Å². The van der Waals surface area contributed by atoms with Gasteiger partial charge in [-0.3, -0.25) is 4.79 Å². The van der Waals surface area contributed by atoms with Crippen molar-refractivity contribution in [3.63, 3.8) is 0 Å². The third-order valence-corrected chi connectivity index (χ3v) is 2.94. The van der Waals surface area contributed by atoms with Gasteiger partial charge in [-0.25, -0.2) is 0 Å². The average molecular weight is 280 g/mol. The Hall–Kier alpha value is -2.35. The van der Waals surface area contributed by atoms with Crippen molar-refractivity contribution in [2.24, 2.45) is 0 Å². The second kappa shape index (κ2) is 4.64. The zero-order chi connectivity index (χ0) is 15.1. The van der Waals surface area contributed by atoms with Gasteiger partial charge in [-0.15, -0.1) is 0 Å². The van der Waals surface area contributed by atoms with Crippen molar-refractivity contribution in [3.8, 4) is 11.5 Å². The Morgan fingerprint density at radius 1 is 1.15 bits per heavy atom. The third-order valence-electron chi connectivity index (χ3n) is 2.94. The van der Waals surface area contributed by atoms with Crippen LogP contribution in [-0.4, -0.2) is 48.3 Å². The summed E-state index contributed by atoms with van der Waals surface area (Å²) < 4.78 is 0. The van der Waals surface area contributed by atoms with E-state index in [0.717, 1.165) is 12.2 Å². The number of rotatable bonds is 2. The summed E-state index contributed by atoms with van der Waals surface area (Å²) in [5.41, 5.74) is -0.509. The molecule has 1 aromatic rings. The Morgan fingerprint density at radius 2 is 1.80 bits per heavy atom. The molecule has 1 atom stereocenters. The number of aliphatic hydroxyl groups is 4. The highest BCUT2D eigenvalue weighted by Gasteiger charge is 2.40. The highest BCUT2D eigenvalue weighted by Crippen LogP contribution is 2.32. The van der Waals surface area contributed by atoms with E-state index in [9.17, 15) is 35.4 Å². The highest BCUT2D eigenvalue weighted by molar-refractivity contribution is 6.12. The Labute approximate surface area is 113 Å². The van der Waals surface area contributed by atoms with E-state index in [1.54, 1.807) is 0 Å². The summed E-state index contributed by atoms with van der Waals surface area (Å²) in [6.07, 6.45) is -0.324. The largest absolute Gasteiger partial charge is 0.507 e. The van der Waals surface area contributed by atoms with Crippen LogP contribution in [-0.2, 0) is 0 Å². The SMILES string of the molecule is O=C(C1=CC(O)C(O)(O)C(O)=C1)c1cccc(O)c1O. The first-order chi connectivity index (χ1) is 9.25. The number of phenolic OH excluding ortho intramolecular Hbond substituents is 2. The molecular weight excluding hydrogens is 268 g/mol. The number of Topliss-reactive ketones (excluding diaryl/α,β-unsaturated/α-hetero) is 1. The molecule has 2 rings (SSSR count). The number of carbonyl (C=O) groups excluding carboxylic acids is 1. The standard InChI is InChI=1S/C13H12O7/c14-8-3-1-2-7(12(8)18)11(17)6-4-9(15)13(19,20)10(16)5-6/h1-5,9,14-16,18-20H. The van der Waals surface area contributed by atoms with Gasteiger partial charge in [0, 0.05) is 5.57 Å². The van der Waals surface area contributed by atoms with E-state index in [0.29, 0.717) is 0 Å². The molecule has 0 bridgehead atoms. The number of ketones is 1. The van der Waals surface area contributed by atoms with Crippen LogP contribution < -0.4 is 0 Å². The van der Waals surface area contributed by atoms with Crippen LogP contribution in [0.15, 0.2) is 41.7 Å². The number of para-hydroxylation sites is 1. The van der Waals surface area contributed by atoms with Crippen LogP contribution in [0, 0.1) is 0 Å². The lowest BCUT2D eigenvalue weighted by Gasteiger charge is -2.28. The van der Waals surface area contributed by atoms with E-state index in [1.165, 1.54) is 18.2 Å². The first-order valence-corrected chi connectivity index (χ1v) is 5.56. The van der Waals surface area contributed by atoms with Crippen LogP contribution >= 0.6 is 0 Å². The molecular formula is C13H12O7. The molecule has 0 saturated heterocycles. The van der Waals surface area contributed by atoms with E-state index >= 15 is 0 Å². The number of hydrogen-bond acceptors (Lipinski definition) is 7. The molecule has 6 N–H and O–H groups in total. The fourth-order valence-corrected chi connectivity index (χ4v) is 1.75. The summed E-state index contributed by atoms with van der Waals surface area (Å²) in [7, 11) is 0. The molecule has 0 saturated carbocycles. The Kier molecular flexibility index (Phi) is 3.26. The lowest BCUT2D eigenvalue weighted by Crippen LogP contribution is -2.45. The third kappa shape index (κ3) is 2.14. The van der Waals surface area contributed by atoms with Gasteiger partial charge in [0.1, 0.15) is 6.10 Å². The second-order valence-electron chi connectivity index (χ2n) is 4.32. The molecule has 0 radical (unpaired) electrons. The quantitative estimate of drug-likeness (QED) is 0.248. The van der Waals surface area contributed by atoms with Gasteiger partial charge in [0.15, 0.2) is 23.0 Å². The summed E-state index contributed by atoms with van der Waals surface area (Å²) in [5, 5.41) is 56.4. The van der Waals surface area contributed by atoms with Gasteiger partial charge in [0.2, 0.25) is 0 Å². The van der Waals surface area contributed by atoms with Crippen molar-refractivity contribution >= 4 is 5.78 Å². The minimum atomic E-state index is -2.87. The number of benzene rings is 1. The van der Waals surface area contributed by atoms with Crippen LogP contribution in [0.4, 0.5) is 0 Å². The van der Waals surface area contributed by atoms with Crippen LogP contribution in [0.5, 0.6) is 11.5 Å². The lowest BCUT2D eigenvalue weighted by molar-refractivity contribution is -0.202. The first kappa shape index (κ1) is 14.1. The predicted octanol–water partition coefficient (Wildman–Crippen LogP) is -0.296. The van der Waals surface area contributed by atoms with Crippen molar-refractivity contribution in [3.05, 3.63) is 47.2 Å². The maximum Gasteiger partial charge on any atom is 0.253 e. The van der Waals surface area contributed by atoms with E-state index in [-0.39, 0.29) is 11.1 Å². The van der Waals surface area contributed by atoms with Gasteiger partial charge in [0.05, 0.1) is 5.56 Å². The Morgan fingerprint density at radius 3 is 2.40 bits per heavy atom. The number of phenols is 2. The molecule has 106 valence electrons. The topological polar surface area (TPSA) is 138 Å². The molecule has 0 heterocycles. The molecule has 1 aliphatic rings. The molecule has 1 aromatic carbocycles. The van der Waals surface area contributed by atoms with E-state index in [2.05, 4.69) is 0 Å². The van der Waals surface area contributed by atoms with Crippen molar-refractivity contribution in [2.75, 3.05) is 0 Å². The van der Waals surface area contributed by atoms with Gasteiger partial charge in [-0.1, -0.05) is 6.07 Å². The second-order valence-corrected chi connectivity index (χ2v) is 4.32. The molecule has 0 amide bonds. The van der Waals surface area contributed by atoms with E-state index < -0.39 is 34.9 Å². The summed E-state index contributed by atoms with van der Waals surface area (Å²) in [6, 6.07) is 3.74. The predicted molar refractivity (Wildman–Crippen MR) is 66.1 cm³/mol. The number of allylic oxidation sites excluding steroid dienone is 2. The molecule has 1 unspecified atom stereocenters. The molecule has 0 aliphatic heterocycles. The Bertz CT molecular complexity index is 628. The summed E-state index contributed by atoms with van der Waals surface area (Å²) in [5.74, 6) is -5.83. The number of carbonyl (C=O) groups is 1. The van der Waals surface area contributed by atoms with Gasteiger partial charge >= 0.3 is 0 Å². The number of hydrogen-bond donors (Lipinski definition) is 6. The zero-order valence-corrected chi connectivity index (χ0v) is 10.1. The minimum Gasteiger partial charge on any atom is -0.507 e.